The molecule has 0 saturated carbocycles. The summed E-state index contributed by atoms with van der Waals surface area (Å²) in [5, 5.41) is 8.16. The van der Waals surface area contributed by atoms with Gasteiger partial charge in [0.05, 0.1) is 20.2 Å². The number of fused-ring (bicyclic) bond motifs is 1. The van der Waals surface area contributed by atoms with Gasteiger partial charge >= 0.3 is 0 Å². The molecule has 0 spiro atoms. The molecule has 3 aromatic rings. The van der Waals surface area contributed by atoms with Gasteiger partial charge in [0.1, 0.15) is 5.75 Å². The summed E-state index contributed by atoms with van der Waals surface area (Å²) in [6.07, 6.45) is 0. The van der Waals surface area contributed by atoms with Gasteiger partial charge in [-0.3, -0.25) is 9.59 Å². The molecule has 0 aliphatic rings. The van der Waals surface area contributed by atoms with E-state index >= 15 is 0 Å². The Morgan fingerprint density at radius 3 is 2.47 bits per heavy atom. The van der Waals surface area contributed by atoms with Crippen LogP contribution in [0.5, 0.6) is 5.75 Å². The second-order valence-electron chi connectivity index (χ2n) is 7.45. The van der Waals surface area contributed by atoms with Gasteiger partial charge in [0.2, 0.25) is 0 Å². The average molecular weight is 407 g/mol. The predicted molar refractivity (Wildman–Crippen MR) is 119 cm³/mol. The Labute approximate surface area is 176 Å². The van der Waals surface area contributed by atoms with E-state index in [9.17, 15) is 9.59 Å². The molecule has 1 unspecified atom stereocenters. The topological polar surface area (TPSA) is 71.9 Å². The molecule has 2 amide bonds. The van der Waals surface area contributed by atoms with Crippen LogP contribution in [-0.2, 0) is 9.59 Å². The third-order valence-corrected chi connectivity index (χ3v) is 4.95. The van der Waals surface area contributed by atoms with Crippen LogP contribution in [0.15, 0.2) is 66.7 Å². The van der Waals surface area contributed by atoms with Gasteiger partial charge in [0, 0.05) is 11.8 Å². The van der Waals surface area contributed by atoms with Crippen molar-refractivity contribution in [1.29, 1.82) is 0 Å². The molecule has 2 atom stereocenters. The zero-order chi connectivity index (χ0) is 21.5. The first kappa shape index (κ1) is 21.3. The Bertz CT molecular complexity index is 1030. The normalized spacial score (nSPS) is 12.8. The first-order valence-corrected chi connectivity index (χ1v) is 9.98. The number of methoxy groups -OCH3 is 1. The molecule has 6 heteroatoms. The number of carbonyl (C=O) groups is 2. The van der Waals surface area contributed by atoms with Gasteiger partial charge in [-0.25, -0.2) is 0 Å². The van der Waals surface area contributed by atoms with E-state index < -0.39 is 0 Å². The first-order chi connectivity index (χ1) is 14.5. The van der Waals surface area contributed by atoms with E-state index in [0.29, 0.717) is 11.4 Å². The van der Waals surface area contributed by atoms with E-state index in [0.717, 1.165) is 21.2 Å². The number of anilines is 1. The van der Waals surface area contributed by atoms with Crippen LogP contribution in [0.2, 0.25) is 0 Å². The molecule has 0 aliphatic heterocycles. The zero-order valence-electron chi connectivity index (χ0n) is 17.6. The number of likely N-dealkylation sites (N-methyl/N-ethyl adjacent to an activating group) is 1. The Morgan fingerprint density at radius 1 is 0.967 bits per heavy atom. The van der Waals surface area contributed by atoms with Crippen LogP contribution in [0, 0.1) is 0 Å². The van der Waals surface area contributed by atoms with E-state index in [2.05, 4.69) is 28.8 Å². The summed E-state index contributed by atoms with van der Waals surface area (Å²) < 4.78 is 5.16. The third-order valence-electron chi connectivity index (χ3n) is 4.95. The average Bonchev–Trinajstić information content (AvgIpc) is 2.73. The molecular weight excluding hydrogens is 378 g/mol. The first-order valence-electron chi connectivity index (χ1n) is 9.98. The number of hydrogen-bond acceptors (Lipinski definition) is 3. The van der Waals surface area contributed by atoms with Crippen LogP contribution in [0.4, 0.5) is 5.69 Å². The van der Waals surface area contributed by atoms with Crippen LogP contribution in [-0.4, -0.2) is 39.1 Å². The quantitative estimate of drug-likeness (QED) is 0.537. The summed E-state index contributed by atoms with van der Waals surface area (Å²) in [6, 6.07) is 21.3. The lowest BCUT2D eigenvalue weighted by Gasteiger charge is -2.18. The highest BCUT2D eigenvalue weighted by atomic mass is 16.5. The van der Waals surface area contributed by atoms with E-state index in [1.807, 2.05) is 50.4 Å². The summed E-state index contributed by atoms with van der Waals surface area (Å²) in [5.41, 5.74) is 1.75. The maximum Gasteiger partial charge on any atom is 0.279 e. The summed E-state index contributed by atoms with van der Waals surface area (Å²) in [4.78, 5) is 25.6. The Kier molecular flexibility index (Phi) is 7.03. The van der Waals surface area contributed by atoms with E-state index in [-0.39, 0.29) is 30.9 Å². The summed E-state index contributed by atoms with van der Waals surface area (Å²) in [7, 11) is 3.41. The van der Waals surface area contributed by atoms with Crippen LogP contribution < -0.4 is 20.3 Å². The van der Waals surface area contributed by atoms with Gasteiger partial charge in [-0.15, -0.1) is 0 Å². The van der Waals surface area contributed by atoms with E-state index in [4.69, 9.17) is 4.74 Å². The van der Waals surface area contributed by atoms with Gasteiger partial charge in [0.15, 0.2) is 13.1 Å². The molecule has 6 nitrogen and oxygen atoms in total. The molecule has 156 valence electrons. The molecular formula is C24H28N3O3+. The largest absolute Gasteiger partial charge is 0.497 e. The Morgan fingerprint density at radius 2 is 1.67 bits per heavy atom. The van der Waals surface area contributed by atoms with Crippen molar-refractivity contribution in [3.63, 3.8) is 0 Å². The predicted octanol–water partition coefficient (Wildman–Crippen LogP) is 2.18. The molecule has 3 N–H and O–H groups in total. The van der Waals surface area contributed by atoms with Crippen molar-refractivity contribution >= 4 is 28.3 Å². The molecule has 3 aromatic carbocycles. The minimum Gasteiger partial charge on any atom is -0.497 e. The Balaban J connectivity index is 1.53. The third kappa shape index (κ3) is 5.58. The number of benzene rings is 3. The lowest BCUT2D eigenvalue weighted by atomic mass is 10.00. The lowest BCUT2D eigenvalue weighted by molar-refractivity contribution is -0.862. The molecule has 0 heterocycles. The highest BCUT2D eigenvalue weighted by molar-refractivity contribution is 5.92. The molecule has 0 aliphatic carbocycles. The molecule has 30 heavy (non-hydrogen) atoms. The number of rotatable bonds is 8. The van der Waals surface area contributed by atoms with Crippen molar-refractivity contribution < 1.29 is 19.2 Å². The SMILES string of the molecule is COc1cccc(NC(=O)C[NH+](C)CC(=O)N[C@@H](C)c2cccc3ccccc23)c1. The van der Waals surface area contributed by atoms with Crippen molar-refractivity contribution in [3.05, 3.63) is 72.3 Å². The van der Waals surface area contributed by atoms with Crippen molar-refractivity contribution in [2.75, 3.05) is 32.6 Å². The van der Waals surface area contributed by atoms with Crippen LogP contribution >= 0.6 is 0 Å². The van der Waals surface area contributed by atoms with Crippen LogP contribution in [0.3, 0.4) is 0 Å². The lowest BCUT2D eigenvalue weighted by Crippen LogP contribution is -3.11. The monoisotopic (exact) mass is 406 g/mol. The molecule has 3 rings (SSSR count). The number of hydrogen-bond donors (Lipinski definition) is 3. The fourth-order valence-electron chi connectivity index (χ4n) is 3.52. The van der Waals surface area contributed by atoms with Crippen molar-refractivity contribution in [2.45, 2.75) is 13.0 Å². The fourth-order valence-corrected chi connectivity index (χ4v) is 3.52. The highest BCUT2D eigenvalue weighted by Gasteiger charge is 2.17. The van der Waals surface area contributed by atoms with Gasteiger partial charge in [-0.05, 0) is 35.4 Å². The maximum absolute atomic E-state index is 12.5. The Hall–Kier alpha value is -3.38. The summed E-state index contributed by atoms with van der Waals surface area (Å²) >= 11 is 0. The van der Waals surface area contributed by atoms with Crippen LogP contribution in [0.1, 0.15) is 18.5 Å². The second kappa shape index (κ2) is 9.89. The molecule has 0 radical (unpaired) electrons. The minimum absolute atomic E-state index is 0.0953. The summed E-state index contributed by atoms with van der Waals surface area (Å²) in [6.45, 7) is 2.37. The van der Waals surface area contributed by atoms with Crippen molar-refractivity contribution in [2.24, 2.45) is 0 Å². The molecule has 0 fully saturated rings. The van der Waals surface area contributed by atoms with Gasteiger partial charge in [-0.2, -0.15) is 0 Å². The zero-order valence-corrected chi connectivity index (χ0v) is 17.6. The number of nitrogens with one attached hydrogen (secondary N) is 3. The molecule has 0 aromatic heterocycles. The fraction of sp³-hybridized carbons (Fsp3) is 0.250. The van der Waals surface area contributed by atoms with Gasteiger partial charge < -0.3 is 20.3 Å². The minimum atomic E-state index is -0.157. The second-order valence-corrected chi connectivity index (χ2v) is 7.45. The van der Waals surface area contributed by atoms with E-state index in [1.165, 1.54) is 0 Å². The highest BCUT2D eigenvalue weighted by Crippen LogP contribution is 2.23. The summed E-state index contributed by atoms with van der Waals surface area (Å²) in [5.74, 6) is 0.424. The maximum atomic E-state index is 12.5. The molecule has 0 bridgehead atoms. The van der Waals surface area contributed by atoms with Gasteiger partial charge in [-0.1, -0.05) is 48.5 Å². The van der Waals surface area contributed by atoms with Crippen molar-refractivity contribution in [1.82, 2.24) is 5.32 Å². The standard InChI is InChI=1S/C24H27N3O3/c1-17(21-13-6-9-18-8-4-5-12-22(18)21)25-23(28)15-27(2)16-24(29)26-19-10-7-11-20(14-19)30-3/h4-14,17H,15-16H2,1-3H3,(H,25,28)(H,26,29)/p+1/t17-/m0/s1. The number of carbonyl (C=O) groups excluding carboxylic acids is 2. The van der Waals surface area contributed by atoms with Crippen molar-refractivity contribution in [3.8, 4) is 5.75 Å². The smallest absolute Gasteiger partial charge is 0.279 e. The molecule has 0 saturated heterocycles. The number of ether oxygens (including phenoxy) is 1. The number of quaternary nitrogens is 1. The van der Waals surface area contributed by atoms with E-state index in [1.54, 1.807) is 19.2 Å². The van der Waals surface area contributed by atoms with Gasteiger partial charge in [0.25, 0.3) is 11.8 Å². The van der Waals surface area contributed by atoms with Crippen LogP contribution in [0.25, 0.3) is 10.8 Å². The number of amides is 2.